The smallest absolute Gasteiger partial charge is 0.248 e. The van der Waals surface area contributed by atoms with E-state index in [0.717, 1.165) is 5.56 Å². The minimum Gasteiger partial charge on any atom is -0.497 e. The number of benzene rings is 2. The lowest BCUT2D eigenvalue weighted by molar-refractivity contribution is -0.111. The van der Waals surface area contributed by atoms with E-state index in [2.05, 4.69) is 5.32 Å². The first kappa shape index (κ1) is 18.2. The van der Waals surface area contributed by atoms with E-state index in [1.807, 2.05) is 0 Å². The van der Waals surface area contributed by atoms with E-state index in [4.69, 9.17) is 18.9 Å². The van der Waals surface area contributed by atoms with E-state index in [1.165, 1.54) is 13.2 Å². The van der Waals surface area contributed by atoms with E-state index in [-0.39, 0.29) is 5.91 Å². The summed E-state index contributed by atoms with van der Waals surface area (Å²) in [4.78, 5) is 12.2. The molecule has 0 unspecified atom stereocenters. The number of carbonyl (C=O) groups is 1. The zero-order valence-corrected chi connectivity index (χ0v) is 14.7. The van der Waals surface area contributed by atoms with Gasteiger partial charge in [-0.25, -0.2) is 0 Å². The van der Waals surface area contributed by atoms with Crippen LogP contribution in [0.15, 0.2) is 42.5 Å². The molecule has 0 heterocycles. The average Bonchev–Trinajstić information content (AvgIpc) is 2.66. The van der Waals surface area contributed by atoms with Crippen LogP contribution in [0.5, 0.6) is 23.0 Å². The van der Waals surface area contributed by atoms with Crippen LogP contribution >= 0.6 is 0 Å². The molecule has 0 aliphatic heterocycles. The number of hydrogen-bond donors (Lipinski definition) is 1. The highest BCUT2D eigenvalue weighted by atomic mass is 16.5. The van der Waals surface area contributed by atoms with Crippen molar-refractivity contribution in [2.75, 3.05) is 33.8 Å². The molecule has 0 aliphatic rings. The summed E-state index contributed by atoms with van der Waals surface area (Å²) in [5.74, 6) is 2.18. The highest BCUT2D eigenvalue weighted by Gasteiger charge is 2.08. The van der Waals surface area contributed by atoms with Crippen molar-refractivity contribution in [1.82, 2.24) is 0 Å². The van der Waals surface area contributed by atoms with Crippen molar-refractivity contribution in [2.45, 2.75) is 0 Å². The Bertz CT molecular complexity index is 770. The van der Waals surface area contributed by atoms with Crippen LogP contribution in [0, 0.1) is 0 Å². The lowest BCUT2D eigenvalue weighted by atomic mass is 10.1. The summed E-state index contributed by atoms with van der Waals surface area (Å²) in [7, 11) is 6.25. The molecule has 6 nitrogen and oxygen atoms in total. The van der Waals surface area contributed by atoms with Gasteiger partial charge >= 0.3 is 0 Å². The number of rotatable bonds is 7. The Balaban J connectivity index is 2.16. The summed E-state index contributed by atoms with van der Waals surface area (Å²) < 4.78 is 20.9. The van der Waals surface area contributed by atoms with Crippen molar-refractivity contribution in [1.29, 1.82) is 0 Å². The van der Waals surface area contributed by atoms with Gasteiger partial charge in [0, 0.05) is 17.7 Å². The Morgan fingerprint density at radius 3 is 2.12 bits per heavy atom. The molecule has 0 atom stereocenters. The van der Waals surface area contributed by atoms with Gasteiger partial charge in [0.1, 0.15) is 23.0 Å². The Labute approximate surface area is 147 Å². The maximum atomic E-state index is 12.2. The monoisotopic (exact) mass is 343 g/mol. The Morgan fingerprint density at radius 1 is 0.840 bits per heavy atom. The molecule has 1 amide bonds. The Morgan fingerprint density at radius 2 is 1.48 bits per heavy atom. The normalized spacial score (nSPS) is 10.4. The highest BCUT2D eigenvalue weighted by Crippen LogP contribution is 2.29. The van der Waals surface area contributed by atoms with Crippen molar-refractivity contribution in [3.05, 3.63) is 48.0 Å². The van der Waals surface area contributed by atoms with Crippen LogP contribution in [0.2, 0.25) is 0 Å². The minimum absolute atomic E-state index is 0.298. The second-order valence-electron chi connectivity index (χ2n) is 5.00. The first-order valence-corrected chi connectivity index (χ1v) is 7.54. The maximum absolute atomic E-state index is 12.2. The van der Waals surface area contributed by atoms with Gasteiger partial charge in [-0.2, -0.15) is 0 Å². The third-order valence-corrected chi connectivity index (χ3v) is 3.52. The molecule has 6 heteroatoms. The molecule has 2 rings (SSSR count). The first-order valence-electron chi connectivity index (χ1n) is 7.54. The summed E-state index contributed by atoms with van der Waals surface area (Å²) in [6, 6.07) is 10.5. The van der Waals surface area contributed by atoms with Gasteiger partial charge in [0.25, 0.3) is 0 Å². The van der Waals surface area contributed by atoms with Crippen LogP contribution in [-0.4, -0.2) is 34.3 Å². The molecule has 0 fully saturated rings. The first-order chi connectivity index (χ1) is 12.1. The minimum atomic E-state index is -0.298. The number of anilines is 1. The van der Waals surface area contributed by atoms with Gasteiger partial charge in [0.2, 0.25) is 5.91 Å². The average molecular weight is 343 g/mol. The molecule has 0 aliphatic carbocycles. The van der Waals surface area contributed by atoms with Crippen molar-refractivity contribution < 1.29 is 23.7 Å². The predicted molar refractivity (Wildman–Crippen MR) is 96.8 cm³/mol. The van der Waals surface area contributed by atoms with Gasteiger partial charge in [0.15, 0.2) is 0 Å². The second-order valence-corrected chi connectivity index (χ2v) is 5.00. The van der Waals surface area contributed by atoms with Gasteiger partial charge in [-0.15, -0.1) is 0 Å². The van der Waals surface area contributed by atoms with Gasteiger partial charge < -0.3 is 24.3 Å². The summed E-state index contributed by atoms with van der Waals surface area (Å²) >= 11 is 0. The molecular weight excluding hydrogens is 322 g/mol. The van der Waals surface area contributed by atoms with Crippen LogP contribution in [0.4, 0.5) is 5.69 Å². The number of carbonyl (C=O) groups excluding carboxylic acids is 1. The van der Waals surface area contributed by atoms with Gasteiger partial charge in [0.05, 0.1) is 34.1 Å². The molecule has 2 aromatic carbocycles. The third-order valence-electron chi connectivity index (χ3n) is 3.52. The van der Waals surface area contributed by atoms with Crippen molar-refractivity contribution >= 4 is 17.7 Å². The number of methoxy groups -OCH3 is 4. The second kappa shape index (κ2) is 8.63. The summed E-state index contributed by atoms with van der Waals surface area (Å²) in [5, 5.41) is 2.77. The fourth-order valence-corrected chi connectivity index (χ4v) is 2.21. The largest absolute Gasteiger partial charge is 0.497 e. The van der Waals surface area contributed by atoms with E-state index in [0.29, 0.717) is 28.7 Å². The van der Waals surface area contributed by atoms with Crippen LogP contribution in [0.3, 0.4) is 0 Å². The highest BCUT2D eigenvalue weighted by molar-refractivity contribution is 6.03. The fraction of sp³-hybridized carbons (Fsp3) is 0.211. The van der Waals surface area contributed by atoms with E-state index < -0.39 is 0 Å². The summed E-state index contributed by atoms with van der Waals surface area (Å²) in [6.45, 7) is 0. The summed E-state index contributed by atoms with van der Waals surface area (Å²) in [6.07, 6.45) is 3.08. The zero-order chi connectivity index (χ0) is 18.2. The predicted octanol–water partition coefficient (Wildman–Crippen LogP) is 3.37. The van der Waals surface area contributed by atoms with Gasteiger partial charge in [-0.3, -0.25) is 4.79 Å². The quantitative estimate of drug-likeness (QED) is 0.781. The van der Waals surface area contributed by atoms with E-state index in [1.54, 1.807) is 63.8 Å². The third kappa shape index (κ3) is 4.67. The Hall–Kier alpha value is -3.15. The molecule has 0 saturated carbocycles. The molecule has 1 N–H and O–H groups in total. The molecule has 2 aromatic rings. The molecule has 0 bridgehead atoms. The van der Waals surface area contributed by atoms with Crippen LogP contribution < -0.4 is 24.3 Å². The molecule has 0 radical (unpaired) electrons. The number of amides is 1. The van der Waals surface area contributed by atoms with Crippen LogP contribution in [0.25, 0.3) is 6.08 Å². The van der Waals surface area contributed by atoms with Crippen molar-refractivity contribution in [3.8, 4) is 23.0 Å². The Kier molecular flexibility index (Phi) is 6.28. The van der Waals surface area contributed by atoms with Gasteiger partial charge in [-0.1, -0.05) is 0 Å². The number of nitrogens with one attached hydrogen (secondary N) is 1. The standard InChI is InChI=1S/C19H21NO5/c1-22-14-7-9-17(24-3)13(11-14)5-10-19(21)20-16-8-6-15(23-2)12-18(16)25-4/h5-12H,1-4H3,(H,20,21)/b10-5+. The lowest BCUT2D eigenvalue weighted by Gasteiger charge is -2.10. The maximum Gasteiger partial charge on any atom is 0.248 e. The number of ether oxygens (including phenoxy) is 4. The fourth-order valence-electron chi connectivity index (χ4n) is 2.21. The molecule has 0 spiro atoms. The van der Waals surface area contributed by atoms with Crippen molar-refractivity contribution in [2.24, 2.45) is 0 Å². The lowest BCUT2D eigenvalue weighted by Crippen LogP contribution is -2.09. The SMILES string of the molecule is COc1ccc(OC)c(/C=C/C(=O)Nc2ccc(OC)cc2OC)c1. The van der Waals surface area contributed by atoms with Gasteiger partial charge in [-0.05, 0) is 36.4 Å². The van der Waals surface area contributed by atoms with Crippen LogP contribution in [0.1, 0.15) is 5.56 Å². The summed E-state index contributed by atoms with van der Waals surface area (Å²) in [5.41, 5.74) is 1.29. The van der Waals surface area contributed by atoms with E-state index >= 15 is 0 Å². The zero-order valence-electron chi connectivity index (χ0n) is 14.7. The number of hydrogen-bond acceptors (Lipinski definition) is 5. The molecular formula is C19H21NO5. The van der Waals surface area contributed by atoms with Crippen molar-refractivity contribution in [3.63, 3.8) is 0 Å². The molecule has 0 saturated heterocycles. The molecule has 0 aromatic heterocycles. The van der Waals surface area contributed by atoms with E-state index in [9.17, 15) is 4.79 Å². The molecule has 132 valence electrons. The molecule has 25 heavy (non-hydrogen) atoms. The topological polar surface area (TPSA) is 66.0 Å². The van der Waals surface area contributed by atoms with Crippen LogP contribution in [-0.2, 0) is 4.79 Å².